The van der Waals surface area contributed by atoms with Crippen LogP contribution in [0.4, 0.5) is 0 Å². The quantitative estimate of drug-likeness (QED) is 0.553. The Hall–Kier alpha value is 0.423. The summed E-state index contributed by atoms with van der Waals surface area (Å²) in [5.41, 5.74) is 0. The second-order valence-electron chi connectivity index (χ2n) is 5.46. The molecule has 0 aromatic heterocycles. The fraction of sp³-hybridized carbons (Fsp3) is 0.100. The maximum absolute atomic E-state index is 4.93. The number of hydrogen-bond donors (Lipinski definition) is 0. The second-order valence-corrected chi connectivity index (χ2v) is 9.19. The zero-order valence-electron chi connectivity index (χ0n) is 12.6. The molecule has 0 aliphatic heterocycles. The van der Waals surface area contributed by atoms with Crippen molar-refractivity contribution < 1.29 is 20.8 Å². The van der Waals surface area contributed by atoms with Gasteiger partial charge in [0.05, 0.1) is 0 Å². The van der Waals surface area contributed by atoms with E-state index in [-0.39, 0.29) is 0 Å². The molecule has 0 spiro atoms. The van der Waals surface area contributed by atoms with Gasteiger partial charge in [-0.2, -0.15) is 0 Å². The SMILES string of the molecule is [CH]1[CH][C](CC[C]2[CH][CH][C]3C=CC=C[C]32)[C]2C=CC=C[C]12.[Cl][Zr+2][Cl]. The first kappa shape index (κ1) is 18.2. The van der Waals surface area contributed by atoms with Gasteiger partial charge in [-0.15, -0.1) is 0 Å². The Morgan fingerprint density at radius 1 is 0.609 bits per heavy atom. The first-order chi connectivity index (χ1) is 11.3. The molecule has 0 bridgehead atoms. The van der Waals surface area contributed by atoms with Gasteiger partial charge in [0.25, 0.3) is 0 Å². The number of hydrogen-bond acceptors (Lipinski definition) is 0. The van der Waals surface area contributed by atoms with Crippen LogP contribution in [0.15, 0.2) is 48.6 Å². The molecule has 2 fully saturated rings. The van der Waals surface area contributed by atoms with Gasteiger partial charge in [-0.25, -0.2) is 0 Å². The van der Waals surface area contributed by atoms with Crippen LogP contribution >= 0.6 is 17.0 Å². The molecule has 2 saturated carbocycles. The Kier molecular flexibility index (Phi) is 7.30. The molecule has 0 atom stereocenters. The van der Waals surface area contributed by atoms with Crippen LogP contribution in [0.1, 0.15) is 12.8 Å². The van der Waals surface area contributed by atoms with E-state index in [1.165, 1.54) is 35.5 Å². The van der Waals surface area contributed by atoms with Gasteiger partial charge in [0.1, 0.15) is 0 Å². The van der Waals surface area contributed by atoms with Gasteiger partial charge in [-0.05, 0) is 50.4 Å². The molecule has 0 saturated heterocycles. The van der Waals surface area contributed by atoms with Gasteiger partial charge in [-0.3, -0.25) is 0 Å². The summed E-state index contributed by atoms with van der Waals surface area (Å²) in [6.07, 6.45) is 28.5. The van der Waals surface area contributed by atoms with Crippen molar-refractivity contribution in [3.05, 3.63) is 110 Å². The van der Waals surface area contributed by atoms with Crippen molar-refractivity contribution >= 4 is 17.0 Å². The van der Waals surface area contributed by atoms with Crippen LogP contribution in [0.2, 0.25) is 0 Å². The third-order valence-corrected chi connectivity index (χ3v) is 4.21. The van der Waals surface area contributed by atoms with E-state index in [0.717, 1.165) is 12.8 Å². The topological polar surface area (TPSA) is 0 Å². The Bertz CT molecular complexity index is 450. The van der Waals surface area contributed by atoms with Crippen LogP contribution in [0.25, 0.3) is 0 Å². The van der Waals surface area contributed by atoms with Crippen LogP contribution < -0.4 is 0 Å². The molecule has 0 aromatic carbocycles. The summed E-state index contributed by atoms with van der Waals surface area (Å²) < 4.78 is 0. The van der Waals surface area contributed by atoms with Crippen LogP contribution in [-0.4, -0.2) is 0 Å². The van der Waals surface area contributed by atoms with E-state index in [2.05, 4.69) is 74.3 Å². The number of halogens is 2. The first-order valence-electron chi connectivity index (χ1n) is 7.56. The number of allylic oxidation sites excluding steroid dienone is 8. The summed E-state index contributed by atoms with van der Waals surface area (Å²) in [5, 5.41) is 0. The zero-order valence-corrected chi connectivity index (χ0v) is 16.6. The third kappa shape index (κ3) is 4.53. The molecule has 10 radical (unpaired) electrons. The predicted molar refractivity (Wildman–Crippen MR) is 94.2 cm³/mol. The first-order valence-corrected chi connectivity index (χ1v) is 13.9. The Morgan fingerprint density at radius 2 is 1.00 bits per heavy atom. The molecular formula is C20H16Cl2Zr+2. The van der Waals surface area contributed by atoms with E-state index in [4.69, 9.17) is 17.0 Å². The fourth-order valence-corrected chi connectivity index (χ4v) is 3.14. The van der Waals surface area contributed by atoms with Crippen molar-refractivity contribution in [2.75, 3.05) is 0 Å². The molecule has 23 heavy (non-hydrogen) atoms. The third-order valence-electron chi connectivity index (χ3n) is 4.21. The molecular weight excluding hydrogens is 402 g/mol. The summed E-state index contributed by atoms with van der Waals surface area (Å²) >= 11 is -0.826. The van der Waals surface area contributed by atoms with Crippen molar-refractivity contribution in [2.45, 2.75) is 12.8 Å². The summed E-state index contributed by atoms with van der Waals surface area (Å²) in [6.45, 7) is 0. The maximum atomic E-state index is 4.93. The molecule has 0 aromatic rings. The molecule has 0 nitrogen and oxygen atoms in total. The summed E-state index contributed by atoms with van der Waals surface area (Å²) in [7, 11) is 9.87. The summed E-state index contributed by atoms with van der Waals surface area (Å²) in [5.74, 6) is 8.45. The van der Waals surface area contributed by atoms with Crippen LogP contribution in [-0.2, 0) is 20.8 Å². The van der Waals surface area contributed by atoms with Crippen molar-refractivity contribution in [3.8, 4) is 0 Å². The number of fused-ring (bicyclic) bond motifs is 2. The Morgan fingerprint density at radius 3 is 1.43 bits per heavy atom. The number of rotatable bonds is 3. The molecule has 4 aliphatic rings. The van der Waals surface area contributed by atoms with Gasteiger partial charge in [-0.1, -0.05) is 48.6 Å². The van der Waals surface area contributed by atoms with Gasteiger partial charge >= 0.3 is 37.9 Å². The van der Waals surface area contributed by atoms with Crippen molar-refractivity contribution in [3.63, 3.8) is 0 Å². The van der Waals surface area contributed by atoms with Gasteiger partial charge in [0.15, 0.2) is 0 Å². The molecule has 112 valence electrons. The van der Waals surface area contributed by atoms with Crippen molar-refractivity contribution in [1.82, 2.24) is 0 Å². The standard InChI is InChI=1S/C20H16.2ClH.Zr/c1-3-7-19-15(5-1)9-11-17(19)13-14-18-12-10-16-6-2-4-8-20(16)18;;;/h1-12H,13-14H2;2*1H;/q;;;+4/p-2. The van der Waals surface area contributed by atoms with E-state index in [1.807, 2.05) is 0 Å². The fourth-order valence-electron chi connectivity index (χ4n) is 3.14. The van der Waals surface area contributed by atoms with Gasteiger partial charge in [0.2, 0.25) is 0 Å². The predicted octanol–water partition coefficient (Wildman–Crippen LogP) is 5.69. The van der Waals surface area contributed by atoms with Crippen LogP contribution in [0, 0.1) is 61.2 Å². The molecule has 0 N–H and O–H groups in total. The molecule has 0 unspecified atom stereocenters. The summed E-state index contributed by atoms with van der Waals surface area (Å²) in [6, 6.07) is 0. The van der Waals surface area contributed by atoms with Crippen LogP contribution in [0.5, 0.6) is 0 Å². The van der Waals surface area contributed by atoms with E-state index in [9.17, 15) is 0 Å². The van der Waals surface area contributed by atoms with E-state index in [0.29, 0.717) is 0 Å². The van der Waals surface area contributed by atoms with Crippen molar-refractivity contribution in [1.29, 1.82) is 0 Å². The monoisotopic (exact) mass is 416 g/mol. The Balaban J connectivity index is 0.000000485. The molecule has 0 amide bonds. The Labute approximate surface area is 159 Å². The average molecular weight is 418 g/mol. The van der Waals surface area contributed by atoms with Gasteiger partial charge in [0, 0.05) is 23.7 Å². The average Bonchev–Trinajstić information content (AvgIpc) is 3.18. The second kappa shape index (κ2) is 9.21. The minimum atomic E-state index is -0.826. The van der Waals surface area contributed by atoms with Crippen LogP contribution in [0.3, 0.4) is 0 Å². The molecule has 0 heterocycles. The van der Waals surface area contributed by atoms with E-state index >= 15 is 0 Å². The normalized spacial score (nSPS) is 25.3. The van der Waals surface area contributed by atoms with E-state index in [1.54, 1.807) is 0 Å². The van der Waals surface area contributed by atoms with Gasteiger partial charge < -0.3 is 0 Å². The minimum absolute atomic E-state index is 0.826. The van der Waals surface area contributed by atoms with E-state index < -0.39 is 20.8 Å². The molecule has 4 aliphatic carbocycles. The summed E-state index contributed by atoms with van der Waals surface area (Å²) in [4.78, 5) is 0. The zero-order chi connectivity index (χ0) is 16.1. The molecule has 4 rings (SSSR count). The van der Waals surface area contributed by atoms with Crippen molar-refractivity contribution in [2.24, 2.45) is 0 Å². The molecule has 3 heteroatoms.